The fourth-order valence-corrected chi connectivity index (χ4v) is 1.90. The number of benzene rings is 1. The standard InChI is InChI=1S/C10H11Cl2NO2S/c11-8-2-1-7(5-9(8)12)13-3-4-16-6-10(14)15/h1-2,5,13H,3-4,6H2,(H,14,15). The van der Waals surface area contributed by atoms with E-state index in [9.17, 15) is 4.79 Å². The van der Waals surface area contributed by atoms with E-state index < -0.39 is 5.97 Å². The monoisotopic (exact) mass is 279 g/mol. The van der Waals surface area contributed by atoms with Gasteiger partial charge in [-0.1, -0.05) is 23.2 Å². The maximum atomic E-state index is 10.2. The van der Waals surface area contributed by atoms with E-state index in [1.54, 1.807) is 12.1 Å². The van der Waals surface area contributed by atoms with Crippen LogP contribution < -0.4 is 5.32 Å². The average molecular weight is 280 g/mol. The predicted molar refractivity (Wildman–Crippen MR) is 69.9 cm³/mol. The second-order valence-electron chi connectivity index (χ2n) is 3.00. The third-order valence-electron chi connectivity index (χ3n) is 1.72. The molecule has 1 rings (SSSR count). The van der Waals surface area contributed by atoms with Crippen LogP contribution in [0.3, 0.4) is 0 Å². The Morgan fingerprint density at radius 3 is 2.75 bits per heavy atom. The van der Waals surface area contributed by atoms with E-state index in [1.165, 1.54) is 11.8 Å². The Morgan fingerprint density at radius 2 is 2.12 bits per heavy atom. The van der Waals surface area contributed by atoms with Crippen LogP contribution in [-0.4, -0.2) is 29.1 Å². The molecule has 0 aliphatic heterocycles. The molecule has 0 fully saturated rings. The van der Waals surface area contributed by atoms with E-state index in [4.69, 9.17) is 28.3 Å². The summed E-state index contributed by atoms with van der Waals surface area (Å²) in [5, 5.41) is 12.6. The highest BCUT2D eigenvalue weighted by molar-refractivity contribution is 7.99. The lowest BCUT2D eigenvalue weighted by Crippen LogP contribution is -2.06. The van der Waals surface area contributed by atoms with E-state index in [2.05, 4.69) is 5.32 Å². The molecular weight excluding hydrogens is 269 g/mol. The van der Waals surface area contributed by atoms with Gasteiger partial charge in [0.2, 0.25) is 0 Å². The molecule has 0 bridgehead atoms. The van der Waals surface area contributed by atoms with E-state index in [0.29, 0.717) is 16.6 Å². The maximum absolute atomic E-state index is 10.2. The normalized spacial score (nSPS) is 10.1. The highest BCUT2D eigenvalue weighted by Crippen LogP contribution is 2.24. The van der Waals surface area contributed by atoms with Gasteiger partial charge in [0.15, 0.2) is 0 Å². The molecule has 1 aromatic carbocycles. The van der Waals surface area contributed by atoms with E-state index in [-0.39, 0.29) is 5.75 Å². The molecule has 88 valence electrons. The van der Waals surface area contributed by atoms with Crippen LogP contribution in [-0.2, 0) is 4.79 Å². The molecule has 0 atom stereocenters. The molecule has 0 aliphatic rings. The van der Waals surface area contributed by atoms with Gasteiger partial charge in [0.05, 0.1) is 15.8 Å². The molecule has 0 saturated heterocycles. The van der Waals surface area contributed by atoms with Crippen molar-refractivity contribution in [3.63, 3.8) is 0 Å². The van der Waals surface area contributed by atoms with Gasteiger partial charge in [0.1, 0.15) is 0 Å². The Bertz CT molecular complexity index is 374. The molecule has 0 heterocycles. The molecule has 0 amide bonds. The van der Waals surface area contributed by atoms with Gasteiger partial charge in [-0.2, -0.15) is 0 Å². The van der Waals surface area contributed by atoms with Gasteiger partial charge in [0, 0.05) is 18.0 Å². The van der Waals surface area contributed by atoms with Crippen LogP contribution in [0, 0.1) is 0 Å². The summed E-state index contributed by atoms with van der Waals surface area (Å²) in [6, 6.07) is 5.29. The first kappa shape index (κ1) is 13.5. The average Bonchev–Trinajstić information content (AvgIpc) is 2.22. The predicted octanol–water partition coefficient (Wildman–Crippen LogP) is 3.22. The number of aliphatic carboxylic acids is 1. The first-order valence-electron chi connectivity index (χ1n) is 4.58. The summed E-state index contributed by atoms with van der Waals surface area (Å²) in [6.07, 6.45) is 0. The van der Waals surface area contributed by atoms with E-state index >= 15 is 0 Å². The van der Waals surface area contributed by atoms with Crippen molar-refractivity contribution in [3.05, 3.63) is 28.2 Å². The maximum Gasteiger partial charge on any atom is 0.313 e. The first-order chi connectivity index (χ1) is 7.59. The van der Waals surface area contributed by atoms with Crippen LogP contribution in [0.25, 0.3) is 0 Å². The molecule has 0 saturated carbocycles. The van der Waals surface area contributed by atoms with Crippen molar-refractivity contribution in [2.45, 2.75) is 0 Å². The molecular formula is C10H11Cl2NO2S. The topological polar surface area (TPSA) is 49.3 Å². The van der Waals surface area contributed by atoms with Crippen LogP contribution in [0.1, 0.15) is 0 Å². The molecule has 0 aromatic heterocycles. The third kappa shape index (κ3) is 4.96. The van der Waals surface area contributed by atoms with Crippen LogP contribution in [0.5, 0.6) is 0 Å². The van der Waals surface area contributed by atoms with Crippen molar-refractivity contribution in [3.8, 4) is 0 Å². The first-order valence-corrected chi connectivity index (χ1v) is 6.49. The number of thioether (sulfide) groups is 1. The number of carbonyl (C=O) groups is 1. The largest absolute Gasteiger partial charge is 0.481 e. The van der Waals surface area contributed by atoms with E-state index in [1.807, 2.05) is 6.07 Å². The SMILES string of the molecule is O=C(O)CSCCNc1ccc(Cl)c(Cl)c1. The Labute approximate surface area is 108 Å². The lowest BCUT2D eigenvalue weighted by atomic mass is 10.3. The Morgan fingerprint density at radius 1 is 1.38 bits per heavy atom. The quantitative estimate of drug-likeness (QED) is 0.785. The van der Waals surface area contributed by atoms with Gasteiger partial charge in [-0.05, 0) is 18.2 Å². The molecule has 0 spiro atoms. The minimum Gasteiger partial charge on any atom is -0.481 e. The molecule has 2 N–H and O–H groups in total. The Kier molecular flexibility index (Phi) is 5.80. The van der Waals surface area contributed by atoms with Crippen molar-refractivity contribution >= 4 is 46.6 Å². The molecule has 0 aliphatic carbocycles. The van der Waals surface area contributed by atoms with Gasteiger partial charge in [-0.25, -0.2) is 0 Å². The zero-order valence-electron chi connectivity index (χ0n) is 8.37. The minimum absolute atomic E-state index is 0.128. The van der Waals surface area contributed by atoms with Crippen LogP contribution >= 0.6 is 35.0 Å². The number of rotatable bonds is 6. The van der Waals surface area contributed by atoms with E-state index in [0.717, 1.165) is 11.4 Å². The highest BCUT2D eigenvalue weighted by Gasteiger charge is 1.99. The number of hydrogen-bond acceptors (Lipinski definition) is 3. The highest BCUT2D eigenvalue weighted by atomic mass is 35.5. The minimum atomic E-state index is -0.792. The van der Waals surface area contributed by atoms with Gasteiger partial charge in [0.25, 0.3) is 0 Å². The zero-order chi connectivity index (χ0) is 12.0. The van der Waals surface area contributed by atoms with Gasteiger partial charge in [-0.3, -0.25) is 4.79 Å². The number of anilines is 1. The number of halogens is 2. The molecule has 1 aromatic rings. The van der Waals surface area contributed by atoms with Crippen molar-refractivity contribution in [2.24, 2.45) is 0 Å². The fraction of sp³-hybridized carbons (Fsp3) is 0.300. The van der Waals surface area contributed by atoms with Gasteiger partial charge < -0.3 is 10.4 Å². The number of carboxylic acid groups (broad SMARTS) is 1. The van der Waals surface area contributed by atoms with Crippen molar-refractivity contribution < 1.29 is 9.90 Å². The second kappa shape index (κ2) is 6.89. The summed E-state index contributed by atoms with van der Waals surface area (Å²) in [4.78, 5) is 10.2. The van der Waals surface area contributed by atoms with Crippen LogP contribution in [0.15, 0.2) is 18.2 Å². The second-order valence-corrected chi connectivity index (χ2v) is 4.92. The van der Waals surface area contributed by atoms with Crippen molar-refractivity contribution in [1.29, 1.82) is 0 Å². The molecule has 0 unspecified atom stereocenters. The Balaban J connectivity index is 2.27. The zero-order valence-corrected chi connectivity index (χ0v) is 10.7. The van der Waals surface area contributed by atoms with Gasteiger partial charge in [-0.15, -0.1) is 11.8 Å². The summed E-state index contributed by atoms with van der Waals surface area (Å²) >= 11 is 13.0. The Hall–Kier alpha value is -0.580. The molecule has 3 nitrogen and oxygen atoms in total. The fourth-order valence-electron chi connectivity index (χ4n) is 1.03. The number of hydrogen-bond donors (Lipinski definition) is 2. The lowest BCUT2D eigenvalue weighted by molar-refractivity contribution is -0.133. The third-order valence-corrected chi connectivity index (χ3v) is 3.40. The molecule has 16 heavy (non-hydrogen) atoms. The van der Waals surface area contributed by atoms with Gasteiger partial charge >= 0.3 is 5.97 Å². The summed E-state index contributed by atoms with van der Waals surface area (Å²) in [7, 11) is 0. The summed E-state index contributed by atoms with van der Waals surface area (Å²) in [6.45, 7) is 0.690. The number of nitrogens with one attached hydrogen (secondary N) is 1. The lowest BCUT2D eigenvalue weighted by Gasteiger charge is -2.06. The van der Waals surface area contributed by atoms with Crippen molar-refractivity contribution in [1.82, 2.24) is 0 Å². The molecule has 6 heteroatoms. The smallest absolute Gasteiger partial charge is 0.313 e. The molecule has 0 radical (unpaired) electrons. The number of carboxylic acids is 1. The summed E-state index contributed by atoms with van der Waals surface area (Å²) in [5.41, 5.74) is 0.880. The van der Waals surface area contributed by atoms with Crippen molar-refractivity contribution in [2.75, 3.05) is 23.4 Å². The van der Waals surface area contributed by atoms with Crippen LogP contribution in [0.4, 0.5) is 5.69 Å². The van der Waals surface area contributed by atoms with Crippen LogP contribution in [0.2, 0.25) is 10.0 Å². The summed E-state index contributed by atoms with van der Waals surface area (Å²) < 4.78 is 0. The summed E-state index contributed by atoms with van der Waals surface area (Å²) in [5.74, 6) is 0.0647.